The summed E-state index contributed by atoms with van der Waals surface area (Å²) in [5.74, 6) is 0.160. The largest absolute Gasteiger partial charge is 0.323 e. The molecule has 3 aromatic rings. The van der Waals surface area contributed by atoms with Crippen LogP contribution in [0.5, 0.6) is 0 Å². The normalized spacial score (nSPS) is 10.6. The number of anilines is 1. The number of benzene rings is 1. The molecule has 0 saturated heterocycles. The number of carbonyl (C=O) groups excluding carboxylic acids is 1. The lowest BCUT2D eigenvalue weighted by Gasteiger charge is -2.06. The smallest absolute Gasteiger partial charge is 0.248 e. The third kappa shape index (κ3) is 3.44. The Balaban J connectivity index is 1.68. The second-order valence-electron chi connectivity index (χ2n) is 4.33. The average Bonchev–Trinajstić information content (AvgIpc) is 3.13. The molecule has 0 radical (unpaired) electrons. The van der Waals surface area contributed by atoms with Crippen LogP contribution in [-0.4, -0.2) is 26.1 Å². The summed E-state index contributed by atoms with van der Waals surface area (Å²) < 4.78 is 0. The van der Waals surface area contributed by atoms with E-state index in [9.17, 15) is 4.79 Å². The predicted molar refractivity (Wildman–Crippen MR) is 86.2 cm³/mol. The molecule has 0 aliphatic carbocycles. The van der Waals surface area contributed by atoms with Crippen LogP contribution in [0.15, 0.2) is 35.0 Å². The second-order valence-corrected chi connectivity index (χ2v) is 5.95. The van der Waals surface area contributed by atoms with Crippen LogP contribution in [0.25, 0.3) is 11.4 Å². The zero-order chi connectivity index (χ0) is 15.5. The molecule has 2 heterocycles. The Morgan fingerprint density at radius 2 is 2.18 bits per heavy atom. The second kappa shape index (κ2) is 6.43. The fourth-order valence-corrected chi connectivity index (χ4v) is 2.70. The number of amides is 1. The van der Waals surface area contributed by atoms with E-state index in [4.69, 9.17) is 23.2 Å². The Kier molecular flexibility index (Phi) is 4.37. The first-order valence-corrected chi connectivity index (χ1v) is 7.87. The molecule has 6 nitrogen and oxygen atoms in total. The van der Waals surface area contributed by atoms with Crippen molar-refractivity contribution in [1.29, 1.82) is 0 Å². The summed E-state index contributed by atoms with van der Waals surface area (Å²) in [6.07, 6.45) is 0. The molecule has 2 aromatic heterocycles. The first-order valence-electron chi connectivity index (χ1n) is 6.17. The van der Waals surface area contributed by atoms with Crippen molar-refractivity contribution in [3.05, 3.63) is 45.1 Å². The number of hydrogen-bond donors (Lipinski definition) is 1. The Morgan fingerprint density at radius 1 is 1.32 bits per heavy atom. The van der Waals surface area contributed by atoms with Crippen LogP contribution in [0.1, 0.15) is 0 Å². The average molecular weight is 354 g/mol. The third-order valence-corrected chi connectivity index (χ3v) is 3.97. The van der Waals surface area contributed by atoms with E-state index in [1.807, 2.05) is 16.8 Å². The molecular formula is C13H9Cl2N5OS. The van der Waals surface area contributed by atoms with Crippen LogP contribution in [-0.2, 0) is 11.3 Å². The van der Waals surface area contributed by atoms with E-state index in [0.717, 1.165) is 5.56 Å². The first kappa shape index (κ1) is 15.0. The minimum atomic E-state index is -0.321. The maximum absolute atomic E-state index is 12.0. The van der Waals surface area contributed by atoms with Crippen molar-refractivity contribution in [1.82, 2.24) is 20.2 Å². The van der Waals surface area contributed by atoms with Crippen LogP contribution >= 0.6 is 34.5 Å². The Bertz CT molecular complexity index is 803. The fourth-order valence-electron chi connectivity index (χ4n) is 1.73. The zero-order valence-electron chi connectivity index (χ0n) is 11.0. The van der Waals surface area contributed by atoms with Gasteiger partial charge < -0.3 is 5.32 Å². The van der Waals surface area contributed by atoms with Gasteiger partial charge in [0.2, 0.25) is 11.7 Å². The van der Waals surface area contributed by atoms with Crippen molar-refractivity contribution in [2.75, 3.05) is 5.32 Å². The predicted octanol–water partition coefficient (Wildman–Crippen LogP) is 3.35. The molecule has 1 N–H and O–H groups in total. The van der Waals surface area contributed by atoms with E-state index in [0.29, 0.717) is 21.6 Å². The molecule has 0 aliphatic rings. The zero-order valence-corrected chi connectivity index (χ0v) is 13.4. The van der Waals surface area contributed by atoms with Gasteiger partial charge in [0.15, 0.2) is 0 Å². The highest BCUT2D eigenvalue weighted by Gasteiger charge is 2.11. The standard InChI is InChI=1S/C13H9Cl2N5OS/c14-9-1-2-10(15)11(5-9)16-12(21)6-20-18-13(17-19-20)8-3-4-22-7-8/h1-5,7H,6H2,(H,16,21). The monoisotopic (exact) mass is 353 g/mol. The minimum Gasteiger partial charge on any atom is -0.323 e. The number of hydrogen-bond acceptors (Lipinski definition) is 5. The first-order chi connectivity index (χ1) is 10.6. The van der Waals surface area contributed by atoms with Gasteiger partial charge >= 0.3 is 0 Å². The fraction of sp³-hybridized carbons (Fsp3) is 0.0769. The topological polar surface area (TPSA) is 72.7 Å². The summed E-state index contributed by atoms with van der Waals surface area (Å²) in [4.78, 5) is 13.2. The maximum Gasteiger partial charge on any atom is 0.248 e. The summed E-state index contributed by atoms with van der Waals surface area (Å²) in [6.45, 7) is -0.0695. The lowest BCUT2D eigenvalue weighted by atomic mass is 10.3. The van der Waals surface area contributed by atoms with Gasteiger partial charge in [-0.25, -0.2) is 0 Å². The van der Waals surface area contributed by atoms with Crippen molar-refractivity contribution in [2.24, 2.45) is 0 Å². The van der Waals surface area contributed by atoms with Gasteiger partial charge in [0, 0.05) is 16.0 Å². The molecule has 3 rings (SSSR count). The molecular weight excluding hydrogens is 345 g/mol. The van der Waals surface area contributed by atoms with E-state index < -0.39 is 0 Å². The van der Waals surface area contributed by atoms with Gasteiger partial charge in [-0.05, 0) is 34.9 Å². The number of rotatable bonds is 4. The molecule has 0 unspecified atom stereocenters. The van der Waals surface area contributed by atoms with Crippen LogP contribution in [0.4, 0.5) is 5.69 Å². The molecule has 0 saturated carbocycles. The Labute approximate surface area is 139 Å². The molecule has 1 amide bonds. The van der Waals surface area contributed by atoms with E-state index in [2.05, 4.69) is 20.7 Å². The van der Waals surface area contributed by atoms with Crippen molar-refractivity contribution in [3.63, 3.8) is 0 Å². The number of nitrogens with zero attached hydrogens (tertiary/aromatic N) is 4. The molecule has 0 aliphatic heterocycles. The van der Waals surface area contributed by atoms with Crippen LogP contribution in [0, 0.1) is 0 Å². The summed E-state index contributed by atoms with van der Waals surface area (Å²) in [5.41, 5.74) is 1.31. The number of thiophene rings is 1. The van der Waals surface area contributed by atoms with E-state index in [1.165, 1.54) is 16.1 Å². The number of nitrogens with one attached hydrogen (secondary N) is 1. The van der Waals surface area contributed by atoms with Gasteiger partial charge in [-0.2, -0.15) is 16.1 Å². The van der Waals surface area contributed by atoms with Gasteiger partial charge in [-0.15, -0.1) is 10.2 Å². The summed E-state index contributed by atoms with van der Waals surface area (Å²) >= 11 is 13.4. The molecule has 22 heavy (non-hydrogen) atoms. The lowest BCUT2D eigenvalue weighted by Crippen LogP contribution is -2.20. The highest BCUT2D eigenvalue weighted by Crippen LogP contribution is 2.25. The number of aromatic nitrogens is 4. The Morgan fingerprint density at radius 3 is 2.95 bits per heavy atom. The molecule has 0 bridgehead atoms. The van der Waals surface area contributed by atoms with Crippen LogP contribution < -0.4 is 5.32 Å². The highest BCUT2D eigenvalue weighted by atomic mass is 35.5. The molecule has 0 atom stereocenters. The SMILES string of the molecule is O=C(Cn1nnc(-c2ccsc2)n1)Nc1cc(Cl)ccc1Cl. The van der Waals surface area contributed by atoms with E-state index in [1.54, 1.807) is 18.2 Å². The van der Waals surface area contributed by atoms with Crippen molar-refractivity contribution in [3.8, 4) is 11.4 Å². The van der Waals surface area contributed by atoms with Gasteiger partial charge in [-0.1, -0.05) is 23.2 Å². The van der Waals surface area contributed by atoms with Gasteiger partial charge in [0.1, 0.15) is 6.54 Å². The molecule has 0 fully saturated rings. The third-order valence-electron chi connectivity index (χ3n) is 2.72. The van der Waals surface area contributed by atoms with Crippen molar-refractivity contribution < 1.29 is 4.79 Å². The molecule has 0 spiro atoms. The van der Waals surface area contributed by atoms with Gasteiger partial charge in [0.25, 0.3) is 0 Å². The summed E-state index contributed by atoms with van der Waals surface area (Å²) in [5, 5.41) is 19.3. The maximum atomic E-state index is 12.0. The van der Waals surface area contributed by atoms with Crippen molar-refractivity contribution in [2.45, 2.75) is 6.54 Å². The van der Waals surface area contributed by atoms with Gasteiger partial charge in [-0.3, -0.25) is 4.79 Å². The summed E-state index contributed by atoms with van der Waals surface area (Å²) in [6, 6.07) is 6.72. The van der Waals surface area contributed by atoms with Gasteiger partial charge in [0.05, 0.1) is 10.7 Å². The quantitative estimate of drug-likeness (QED) is 0.780. The van der Waals surface area contributed by atoms with Crippen molar-refractivity contribution >= 4 is 46.1 Å². The number of halogens is 2. The van der Waals surface area contributed by atoms with E-state index in [-0.39, 0.29) is 12.5 Å². The minimum absolute atomic E-state index is 0.0695. The molecule has 112 valence electrons. The number of tetrazole rings is 1. The van der Waals surface area contributed by atoms with Crippen LogP contribution in [0.2, 0.25) is 10.0 Å². The summed E-state index contributed by atoms with van der Waals surface area (Å²) in [7, 11) is 0. The lowest BCUT2D eigenvalue weighted by molar-refractivity contribution is -0.117. The Hall–Kier alpha value is -1.96. The highest BCUT2D eigenvalue weighted by molar-refractivity contribution is 7.08. The van der Waals surface area contributed by atoms with E-state index >= 15 is 0 Å². The molecule has 9 heteroatoms. The number of carbonyl (C=O) groups is 1. The van der Waals surface area contributed by atoms with Crippen LogP contribution in [0.3, 0.4) is 0 Å². The molecule has 1 aromatic carbocycles.